The van der Waals surface area contributed by atoms with Crippen LogP contribution in [0.15, 0.2) is 70.0 Å². The number of carbonyl (C=O) groups is 1. The van der Waals surface area contributed by atoms with E-state index in [9.17, 15) is 23.3 Å². The minimum Gasteiger partial charge on any atom is -0.456 e. The van der Waals surface area contributed by atoms with Crippen LogP contribution >= 0.6 is 11.6 Å². The van der Waals surface area contributed by atoms with Crippen LogP contribution in [-0.2, 0) is 10.0 Å². The Kier molecular flexibility index (Phi) is 6.40. The minimum atomic E-state index is -3.67. The maximum absolute atomic E-state index is 12.5. The topological polar surface area (TPSA) is 111 Å². The van der Waals surface area contributed by atoms with Crippen LogP contribution in [-0.4, -0.2) is 37.5 Å². The molecular formula is C21H17ClN2O6S. The van der Waals surface area contributed by atoms with Gasteiger partial charge in [-0.15, -0.1) is 0 Å². The van der Waals surface area contributed by atoms with Gasteiger partial charge in [-0.05, 0) is 48.6 Å². The maximum Gasteiger partial charge on any atom is 0.281 e. The number of furan rings is 1. The van der Waals surface area contributed by atoms with Crippen LogP contribution < -0.4 is 0 Å². The highest BCUT2D eigenvalue weighted by Crippen LogP contribution is 2.33. The molecule has 2 aromatic carbocycles. The summed E-state index contributed by atoms with van der Waals surface area (Å²) in [4.78, 5) is 23.2. The van der Waals surface area contributed by atoms with Crippen LogP contribution in [0.25, 0.3) is 17.4 Å². The summed E-state index contributed by atoms with van der Waals surface area (Å²) in [7, 11) is -0.855. The van der Waals surface area contributed by atoms with Gasteiger partial charge in [0, 0.05) is 30.7 Å². The Morgan fingerprint density at radius 3 is 2.55 bits per heavy atom. The molecule has 0 aliphatic rings. The molecule has 0 N–H and O–H groups in total. The highest BCUT2D eigenvalue weighted by Gasteiger charge is 2.19. The predicted molar refractivity (Wildman–Crippen MR) is 116 cm³/mol. The molecule has 0 saturated heterocycles. The molecule has 1 aromatic heterocycles. The highest BCUT2D eigenvalue weighted by molar-refractivity contribution is 7.89. The number of sulfonamides is 1. The first-order valence-corrected chi connectivity index (χ1v) is 10.7. The molecule has 0 fully saturated rings. The molecule has 0 atom stereocenters. The van der Waals surface area contributed by atoms with Gasteiger partial charge in [-0.25, -0.2) is 12.7 Å². The fourth-order valence-corrected chi connectivity index (χ4v) is 3.84. The number of nitrogens with zero attached hydrogens (tertiary/aromatic N) is 2. The normalized spacial score (nSPS) is 11.9. The van der Waals surface area contributed by atoms with Gasteiger partial charge in [-0.2, -0.15) is 0 Å². The number of ketones is 1. The summed E-state index contributed by atoms with van der Waals surface area (Å²) < 4.78 is 31.2. The van der Waals surface area contributed by atoms with Gasteiger partial charge in [0.1, 0.15) is 11.5 Å². The first-order valence-electron chi connectivity index (χ1n) is 8.89. The van der Waals surface area contributed by atoms with Crippen LogP contribution in [0.4, 0.5) is 5.69 Å². The number of rotatable bonds is 7. The number of halogens is 1. The van der Waals surface area contributed by atoms with Gasteiger partial charge in [-0.3, -0.25) is 14.9 Å². The maximum atomic E-state index is 12.5. The Bertz CT molecular complexity index is 1290. The molecule has 160 valence electrons. The second-order valence-electron chi connectivity index (χ2n) is 6.63. The van der Waals surface area contributed by atoms with Gasteiger partial charge in [0.2, 0.25) is 10.0 Å². The second-order valence-corrected chi connectivity index (χ2v) is 9.22. The molecule has 0 aliphatic carbocycles. The van der Waals surface area contributed by atoms with E-state index in [0.29, 0.717) is 5.76 Å². The Balaban J connectivity index is 1.84. The third-order valence-electron chi connectivity index (χ3n) is 4.34. The fraction of sp³-hybridized carbons (Fsp3) is 0.0952. The SMILES string of the molecule is CN(C)S(=O)(=O)c1cccc(C(=O)/C=C/c2ccc(-c3ccc(Cl)cc3[N+](=O)[O-])o2)c1. The molecule has 1 heterocycles. The van der Waals surface area contributed by atoms with E-state index in [1.54, 1.807) is 12.1 Å². The zero-order valence-electron chi connectivity index (χ0n) is 16.5. The van der Waals surface area contributed by atoms with Crippen LogP contribution in [0, 0.1) is 10.1 Å². The van der Waals surface area contributed by atoms with Crippen LogP contribution in [0.3, 0.4) is 0 Å². The molecule has 0 unspecified atom stereocenters. The van der Waals surface area contributed by atoms with Crippen molar-refractivity contribution in [2.45, 2.75) is 4.90 Å². The van der Waals surface area contributed by atoms with Crippen molar-refractivity contribution in [1.82, 2.24) is 4.31 Å². The Hall–Kier alpha value is -3.27. The number of benzene rings is 2. The third-order valence-corrected chi connectivity index (χ3v) is 6.39. The Labute approximate surface area is 183 Å². The third kappa shape index (κ3) is 4.91. The molecule has 8 nitrogen and oxygen atoms in total. The van der Waals surface area contributed by atoms with Gasteiger partial charge in [0.05, 0.1) is 15.4 Å². The first-order chi connectivity index (χ1) is 14.6. The summed E-state index contributed by atoms with van der Waals surface area (Å²) >= 11 is 5.83. The van der Waals surface area contributed by atoms with Crippen molar-refractivity contribution in [3.63, 3.8) is 0 Å². The number of allylic oxidation sites excluding steroid dienone is 1. The van der Waals surface area contributed by atoms with Crippen LogP contribution in [0.5, 0.6) is 0 Å². The monoisotopic (exact) mass is 460 g/mol. The summed E-state index contributed by atoms with van der Waals surface area (Å²) in [6.45, 7) is 0. The average Bonchev–Trinajstić information content (AvgIpc) is 3.20. The zero-order chi connectivity index (χ0) is 22.8. The van der Waals surface area contributed by atoms with E-state index in [-0.39, 0.29) is 32.5 Å². The van der Waals surface area contributed by atoms with E-state index in [0.717, 1.165) is 4.31 Å². The molecule has 10 heteroatoms. The summed E-state index contributed by atoms with van der Waals surface area (Å²) in [5.74, 6) is 0.116. The van der Waals surface area contributed by atoms with E-state index in [1.807, 2.05) is 0 Å². The van der Waals surface area contributed by atoms with Crippen molar-refractivity contribution in [1.29, 1.82) is 0 Å². The quantitative estimate of drug-likeness (QED) is 0.219. The lowest BCUT2D eigenvalue weighted by Crippen LogP contribution is -2.22. The van der Waals surface area contributed by atoms with E-state index in [4.69, 9.17) is 16.0 Å². The summed E-state index contributed by atoms with van der Waals surface area (Å²) in [5, 5.41) is 11.5. The summed E-state index contributed by atoms with van der Waals surface area (Å²) in [6, 6.07) is 13.0. The molecule has 31 heavy (non-hydrogen) atoms. The molecule has 0 radical (unpaired) electrons. The Morgan fingerprint density at radius 2 is 1.87 bits per heavy atom. The van der Waals surface area contributed by atoms with E-state index < -0.39 is 20.7 Å². The first kappa shape index (κ1) is 22.4. The van der Waals surface area contributed by atoms with Crippen molar-refractivity contribution in [3.05, 3.63) is 87.1 Å². The summed E-state index contributed by atoms with van der Waals surface area (Å²) in [6.07, 6.45) is 2.64. The summed E-state index contributed by atoms with van der Waals surface area (Å²) in [5.41, 5.74) is 0.244. The smallest absolute Gasteiger partial charge is 0.281 e. The number of nitro groups is 1. The molecule has 3 aromatic rings. The lowest BCUT2D eigenvalue weighted by Gasteiger charge is -2.11. The highest BCUT2D eigenvalue weighted by atomic mass is 35.5. The van der Waals surface area contributed by atoms with Crippen molar-refractivity contribution in [2.75, 3.05) is 14.1 Å². The van der Waals surface area contributed by atoms with Gasteiger partial charge in [0.15, 0.2) is 5.78 Å². The molecule has 3 rings (SSSR count). The number of hydrogen-bond donors (Lipinski definition) is 0. The molecule has 0 spiro atoms. The number of hydrogen-bond acceptors (Lipinski definition) is 6. The van der Waals surface area contributed by atoms with Crippen LogP contribution in [0.1, 0.15) is 16.1 Å². The van der Waals surface area contributed by atoms with Gasteiger partial charge in [-0.1, -0.05) is 23.7 Å². The predicted octanol–water partition coefficient (Wildman–Crippen LogP) is 4.65. The lowest BCUT2D eigenvalue weighted by atomic mass is 10.1. The van der Waals surface area contributed by atoms with Crippen molar-refractivity contribution in [3.8, 4) is 11.3 Å². The second kappa shape index (κ2) is 8.84. The van der Waals surface area contributed by atoms with Crippen molar-refractivity contribution < 1.29 is 22.6 Å². The van der Waals surface area contributed by atoms with Gasteiger partial charge < -0.3 is 4.42 Å². The average molecular weight is 461 g/mol. The molecule has 0 saturated carbocycles. The number of carbonyl (C=O) groups excluding carboxylic acids is 1. The van der Waals surface area contributed by atoms with Crippen molar-refractivity contribution in [2.24, 2.45) is 0 Å². The largest absolute Gasteiger partial charge is 0.456 e. The van der Waals surface area contributed by atoms with Crippen LogP contribution in [0.2, 0.25) is 5.02 Å². The van der Waals surface area contributed by atoms with E-state index in [2.05, 4.69) is 0 Å². The fourth-order valence-electron chi connectivity index (χ4n) is 2.73. The lowest BCUT2D eigenvalue weighted by molar-refractivity contribution is -0.384. The van der Waals surface area contributed by atoms with E-state index >= 15 is 0 Å². The van der Waals surface area contributed by atoms with E-state index in [1.165, 1.54) is 68.7 Å². The molecular weight excluding hydrogens is 444 g/mol. The zero-order valence-corrected chi connectivity index (χ0v) is 18.1. The molecule has 0 bridgehead atoms. The molecule has 0 aliphatic heterocycles. The Morgan fingerprint density at radius 1 is 1.13 bits per heavy atom. The van der Waals surface area contributed by atoms with Gasteiger partial charge in [0.25, 0.3) is 5.69 Å². The number of nitro benzene ring substituents is 1. The standard InChI is InChI=1S/C21H17ClN2O6S/c1-23(2)31(28,29)17-5-3-4-14(12-17)20(25)10-7-16-8-11-21(30-16)18-9-6-15(22)13-19(18)24(26)27/h3-13H,1-2H3/b10-7+. The van der Waals surface area contributed by atoms with Crippen molar-refractivity contribution >= 4 is 39.2 Å². The van der Waals surface area contributed by atoms with Gasteiger partial charge >= 0.3 is 0 Å². The molecule has 0 amide bonds. The minimum absolute atomic E-state index is 0.00656.